The van der Waals surface area contributed by atoms with Crippen LogP contribution in [0.2, 0.25) is 0 Å². The lowest BCUT2D eigenvalue weighted by Crippen LogP contribution is -2.16. The summed E-state index contributed by atoms with van der Waals surface area (Å²) >= 11 is 0. The highest BCUT2D eigenvalue weighted by atomic mass is 16.1. The third-order valence-electron chi connectivity index (χ3n) is 6.28. The van der Waals surface area contributed by atoms with Crippen LogP contribution < -0.4 is 11.0 Å². The van der Waals surface area contributed by atoms with Crippen molar-refractivity contribution >= 4 is 27.6 Å². The zero-order chi connectivity index (χ0) is 20.8. The average Bonchev–Trinajstić information content (AvgIpc) is 3.53. The smallest absolute Gasteiger partial charge is 0.332 e. The number of nitrogens with one attached hydrogen (secondary N) is 3. The molecule has 1 fully saturated rings. The molecule has 31 heavy (non-hydrogen) atoms. The van der Waals surface area contributed by atoms with Crippen molar-refractivity contribution in [2.75, 3.05) is 5.32 Å². The molecule has 0 saturated heterocycles. The number of benzene rings is 3. The van der Waals surface area contributed by atoms with Gasteiger partial charge in [0.25, 0.3) is 0 Å². The quantitative estimate of drug-likeness (QED) is 0.381. The molecular formula is C25H23N5O. The predicted molar refractivity (Wildman–Crippen MR) is 125 cm³/mol. The third-order valence-corrected chi connectivity index (χ3v) is 6.28. The number of aromatic nitrogens is 4. The lowest BCUT2D eigenvalue weighted by atomic mass is 10.0. The molecule has 0 spiro atoms. The second kappa shape index (κ2) is 7.16. The number of hydrogen-bond donors (Lipinski definition) is 3. The molecule has 6 heteroatoms. The normalized spacial score (nSPS) is 14.6. The van der Waals surface area contributed by atoms with Gasteiger partial charge in [-0.1, -0.05) is 49.2 Å². The molecule has 3 N–H and O–H groups in total. The fraction of sp³-hybridized carbons (Fsp3) is 0.200. The summed E-state index contributed by atoms with van der Waals surface area (Å²) in [5.74, 6) is 0.789. The van der Waals surface area contributed by atoms with Crippen LogP contribution in [0.5, 0.6) is 0 Å². The first-order chi connectivity index (χ1) is 15.3. The van der Waals surface area contributed by atoms with E-state index in [1.165, 1.54) is 18.2 Å². The maximum atomic E-state index is 13.2. The monoisotopic (exact) mass is 409 g/mol. The lowest BCUT2D eigenvalue weighted by Gasteiger charge is -2.15. The summed E-state index contributed by atoms with van der Waals surface area (Å²) in [4.78, 5) is 23.7. The van der Waals surface area contributed by atoms with Gasteiger partial charge in [-0.3, -0.25) is 9.55 Å². The number of imidazole rings is 2. The molecule has 2 aromatic heterocycles. The number of fused-ring (bicyclic) bond motifs is 2. The fourth-order valence-electron chi connectivity index (χ4n) is 4.73. The minimum absolute atomic E-state index is 0.150. The van der Waals surface area contributed by atoms with Gasteiger partial charge in [0, 0.05) is 11.6 Å². The van der Waals surface area contributed by atoms with Crippen LogP contribution in [0.25, 0.3) is 38.8 Å². The van der Waals surface area contributed by atoms with E-state index < -0.39 is 0 Å². The van der Waals surface area contributed by atoms with Gasteiger partial charge in [0.05, 0.1) is 28.7 Å². The first-order valence-corrected chi connectivity index (χ1v) is 10.8. The van der Waals surface area contributed by atoms with Crippen LogP contribution in [0.15, 0.2) is 71.8 Å². The number of hydrogen-bond acceptors (Lipinski definition) is 3. The Balaban J connectivity index is 1.57. The van der Waals surface area contributed by atoms with Gasteiger partial charge >= 0.3 is 5.69 Å². The molecule has 154 valence electrons. The maximum absolute atomic E-state index is 13.2. The molecule has 0 atom stereocenters. The van der Waals surface area contributed by atoms with Crippen LogP contribution in [0.1, 0.15) is 25.7 Å². The first kappa shape index (κ1) is 18.0. The van der Waals surface area contributed by atoms with Crippen molar-refractivity contribution in [1.82, 2.24) is 19.5 Å². The van der Waals surface area contributed by atoms with Crippen molar-refractivity contribution in [2.45, 2.75) is 31.7 Å². The van der Waals surface area contributed by atoms with E-state index in [9.17, 15) is 4.79 Å². The fourth-order valence-corrected chi connectivity index (χ4v) is 4.73. The van der Waals surface area contributed by atoms with E-state index in [0.29, 0.717) is 6.04 Å². The molecule has 6 rings (SSSR count). The molecule has 0 unspecified atom stereocenters. The Morgan fingerprint density at radius 1 is 0.968 bits per heavy atom. The van der Waals surface area contributed by atoms with E-state index >= 15 is 0 Å². The lowest BCUT2D eigenvalue weighted by molar-refractivity contribution is 0.751. The van der Waals surface area contributed by atoms with Crippen LogP contribution in [-0.4, -0.2) is 25.6 Å². The molecule has 1 aliphatic carbocycles. The van der Waals surface area contributed by atoms with Crippen molar-refractivity contribution in [1.29, 1.82) is 0 Å². The van der Waals surface area contributed by atoms with Crippen LogP contribution >= 0.6 is 0 Å². The Kier molecular flexibility index (Phi) is 4.16. The number of anilines is 1. The Morgan fingerprint density at radius 3 is 2.68 bits per heavy atom. The Hall–Kier alpha value is -3.80. The molecule has 0 aliphatic heterocycles. The minimum Gasteiger partial charge on any atom is -0.367 e. The second-order valence-electron chi connectivity index (χ2n) is 8.28. The van der Waals surface area contributed by atoms with Gasteiger partial charge < -0.3 is 10.3 Å². The minimum atomic E-state index is -0.150. The highest BCUT2D eigenvalue weighted by Gasteiger charge is 2.22. The van der Waals surface area contributed by atoms with E-state index in [1.807, 2.05) is 30.3 Å². The summed E-state index contributed by atoms with van der Waals surface area (Å²) in [6, 6.07) is 20.9. The van der Waals surface area contributed by atoms with Gasteiger partial charge in [0.1, 0.15) is 5.82 Å². The predicted octanol–water partition coefficient (Wildman–Crippen LogP) is 5.22. The zero-order valence-electron chi connectivity index (χ0n) is 17.1. The molecule has 0 bridgehead atoms. The average molecular weight is 409 g/mol. The summed E-state index contributed by atoms with van der Waals surface area (Å²) in [6.45, 7) is 0. The Labute approximate surface area is 179 Å². The van der Waals surface area contributed by atoms with Gasteiger partial charge in [-0.2, -0.15) is 0 Å². The van der Waals surface area contributed by atoms with Crippen molar-refractivity contribution in [3.8, 4) is 16.9 Å². The molecule has 1 aliphatic rings. The van der Waals surface area contributed by atoms with E-state index in [1.54, 1.807) is 10.9 Å². The molecule has 6 nitrogen and oxygen atoms in total. The van der Waals surface area contributed by atoms with Gasteiger partial charge in [0.15, 0.2) is 0 Å². The molecular weight excluding hydrogens is 386 g/mol. The molecule has 0 amide bonds. The van der Waals surface area contributed by atoms with Crippen LogP contribution in [-0.2, 0) is 0 Å². The van der Waals surface area contributed by atoms with Crippen molar-refractivity contribution in [3.05, 3.63) is 77.5 Å². The van der Waals surface area contributed by atoms with Gasteiger partial charge in [-0.15, -0.1) is 0 Å². The highest BCUT2D eigenvalue weighted by molar-refractivity contribution is 5.89. The Morgan fingerprint density at radius 2 is 1.81 bits per heavy atom. The SMILES string of the molecule is O=c1[nH]c(NC2CCCC2)c(-c2ccc3ccccc3c2)n1-c1ccc2nc[nH]c2c1. The highest BCUT2D eigenvalue weighted by Crippen LogP contribution is 2.33. The summed E-state index contributed by atoms with van der Waals surface area (Å²) < 4.78 is 1.77. The van der Waals surface area contributed by atoms with Gasteiger partial charge in [0.2, 0.25) is 0 Å². The largest absolute Gasteiger partial charge is 0.367 e. The number of aromatic amines is 2. The molecule has 1 saturated carbocycles. The van der Waals surface area contributed by atoms with Crippen LogP contribution in [0.4, 0.5) is 5.82 Å². The number of rotatable bonds is 4. The molecule has 2 heterocycles. The van der Waals surface area contributed by atoms with Crippen LogP contribution in [0.3, 0.4) is 0 Å². The van der Waals surface area contributed by atoms with Crippen molar-refractivity contribution in [3.63, 3.8) is 0 Å². The molecule has 5 aromatic rings. The topological polar surface area (TPSA) is 78.5 Å². The molecule has 3 aromatic carbocycles. The number of nitrogens with zero attached hydrogens (tertiary/aromatic N) is 2. The van der Waals surface area contributed by atoms with E-state index in [4.69, 9.17) is 0 Å². The summed E-state index contributed by atoms with van der Waals surface area (Å²) in [7, 11) is 0. The summed E-state index contributed by atoms with van der Waals surface area (Å²) in [5, 5.41) is 5.95. The standard InChI is InChI=1S/C25H23N5O/c31-25-29-24(28-19-7-3-4-8-19)23(18-10-9-16-5-1-2-6-17(16)13-18)30(25)20-11-12-21-22(14-20)27-15-26-21/h1-2,5-6,9-15,19,28H,3-4,7-8H2,(H,26,27)(H,29,31). The van der Waals surface area contributed by atoms with E-state index in [-0.39, 0.29) is 5.69 Å². The first-order valence-electron chi connectivity index (χ1n) is 10.8. The number of H-pyrrole nitrogens is 2. The third kappa shape index (κ3) is 3.11. The van der Waals surface area contributed by atoms with Gasteiger partial charge in [-0.25, -0.2) is 9.78 Å². The van der Waals surface area contributed by atoms with Gasteiger partial charge in [-0.05, 0) is 47.9 Å². The van der Waals surface area contributed by atoms with E-state index in [0.717, 1.165) is 52.0 Å². The van der Waals surface area contributed by atoms with Crippen molar-refractivity contribution < 1.29 is 0 Å². The van der Waals surface area contributed by atoms with E-state index in [2.05, 4.69) is 50.6 Å². The molecule has 0 radical (unpaired) electrons. The summed E-state index contributed by atoms with van der Waals surface area (Å²) in [5.41, 5.74) is 4.30. The second-order valence-corrected chi connectivity index (χ2v) is 8.28. The Bertz CT molecular complexity index is 1450. The van der Waals surface area contributed by atoms with Crippen LogP contribution in [0, 0.1) is 0 Å². The zero-order valence-corrected chi connectivity index (χ0v) is 17.1. The van der Waals surface area contributed by atoms with Crippen molar-refractivity contribution in [2.24, 2.45) is 0 Å². The summed E-state index contributed by atoms with van der Waals surface area (Å²) in [6.07, 6.45) is 6.38. The maximum Gasteiger partial charge on any atom is 0.332 e.